The molecular weight excluding hydrogens is 262 g/mol. The van der Waals surface area contributed by atoms with Gasteiger partial charge in [0.1, 0.15) is 5.75 Å². The molecule has 0 saturated carbocycles. The number of rotatable bonds is 6. The van der Waals surface area contributed by atoms with Gasteiger partial charge in [0.2, 0.25) is 5.91 Å². The van der Waals surface area contributed by atoms with E-state index in [0.717, 1.165) is 23.4 Å². The fourth-order valence-electron chi connectivity index (χ4n) is 1.90. The summed E-state index contributed by atoms with van der Waals surface area (Å²) in [4.78, 5) is 11.8. The van der Waals surface area contributed by atoms with Crippen molar-refractivity contribution in [3.63, 3.8) is 0 Å². The van der Waals surface area contributed by atoms with E-state index in [1.165, 1.54) is 0 Å². The van der Waals surface area contributed by atoms with Gasteiger partial charge < -0.3 is 10.1 Å². The lowest BCUT2D eigenvalue weighted by Gasteiger charge is -2.05. The highest BCUT2D eigenvalue weighted by Gasteiger charge is 2.01. The smallest absolute Gasteiger partial charge is 0.224 e. The minimum Gasteiger partial charge on any atom is -0.497 e. The van der Waals surface area contributed by atoms with Crippen LogP contribution in [0, 0.1) is 0 Å². The van der Waals surface area contributed by atoms with E-state index in [9.17, 15) is 4.79 Å². The second-order valence-electron chi connectivity index (χ2n) is 4.63. The second-order valence-corrected chi connectivity index (χ2v) is 4.63. The van der Waals surface area contributed by atoms with Crippen LogP contribution in [0.1, 0.15) is 18.4 Å². The van der Waals surface area contributed by atoms with E-state index in [2.05, 4.69) is 5.32 Å². The number of nitrogens with one attached hydrogen (secondary N) is 1. The maximum atomic E-state index is 11.8. The molecule has 3 heteroatoms. The van der Waals surface area contributed by atoms with Crippen LogP contribution in [0.3, 0.4) is 0 Å². The van der Waals surface area contributed by atoms with E-state index in [-0.39, 0.29) is 5.91 Å². The zero-order valence-corrected chi connectivity index (χ0v) is 12.1. The largest absolute Gasteiger partial charge is 0.497 e. The number of methoxy groups -OCH3 is 1. The third-order valence-corrected chi connectivity index (χ3v) is 3.02. The third-order valence-electron chi connectivity index (χ3n) is 3.02. The van der Waals surface area contributed by atoms with Crippen LogP contribution in [0.4, 0.5) is 5.69 Å². The molecule has 0 radical (unpaired) electrons. The molecule has 0 unspecified atom stereocenters. The Labute approximate surface area is 125 Å². The number of ether oxygens (including phenoxy) is 1. The molecule has 21 heavy (non-hydrogen) atoms. The molecule has 2 aromatic rings. The Balaban J connectivity index is 1.75. The van der Waals surface area contributed by atoms with Crippen LogP contribution < -0.4 is 10.1 Å². The Hall–Kier alpha value is -2.55. The molecule has 0 atom stereocenters. The van der Waals surface area contributed by atoms with Gasteiger partial charge in [0, 0.05) is 12.1 Å². The molecule has 0 aliphatic carbocycles. The van der Waals surface area contributed by atoms with Crippen LogP contribution in [-0.4, -0.2) is 13.0 Å². The molecule has 108 valence electrons. The van der Waals surface area contributed by atoms with Crippen LogP contribution in [0.5, 0.6) is 5.75 Å². The first kappa shape index (κ1) is 14.9. The van der Waals surface area contributed by atoms with Crippen molar-refractivity contribution in [3.05, 3.63) is 66.2 Å². The first-order valence-corrected chi connectivity index (χ1v) is 6.93. The summed E-state index contributed by atoms with van der Waals surface area (Å²) in [5, 5.41) is 2.86. The van der Waals surface area contributed by atoms with Gasteiger partial charge in [0.25, 0.3) is 0 Å². The van der Waals surface area contributed by atoms with Crippen molar-refractivity contribution < 1.29 is 9.53 Å². The van der Waals surface area contributed by atoms with Crippen molar-refractivity contribution in [2.75, 3.05) is 12.4 Å². The molecule has 0 bridgehead atoms. The van der Waals surface area contributed by atoms with Gasteiger partial charge in [-0.15, -0.1) is 0 Å². The van der Waals surface area contributed by atoms with E-state index in [1.54, 1.807) is 7.11 Å². The van der Waals surface area contributed by atoms with Gasteiger partial charge in [0.15, 0.2) is 0 Å². The van der Waals surface area contributed by atoms with E-state index in [1.807, 2.05) is 66.7 Å². The molecule has 0 aliphatic rings. The van der Waals surface area contributed by atoms with Crippen molar-refractivity contribution in [2.24, 2.45) is 0 Å². The van der Waals surface area contributed by atoms with Gasteiger partial charge in [-0.25, -0.2) is 0 Å². The maximum absolute atomic E-state index is 11.8. The van der Waals surface area contributed by atoms with Gasteiger partial charge in [-0.1, -0.05) is 42.5 Å². The molecule has 3 nitrogen and oxygen atoms in total. The summed E-state index contributed by atoms with van der Waals surface area (Å²) in [5.41, 5.74) is 1.93. The van der Waals surface area contributed by atoms with Gasteiger partial charge >= 0.3 is 0 Å². The monoisotopic (exact) mass is 281 g/mol. The number of carbonyl (C=O) groups excluding carboxylic acids is 1. The van der Waals surface area contributed by atoms with Crippen LogP contribution in [-0.2, 0) is 4.79 Å². The lowest BCUT2D eigenvalue weighted by atomic mass is 10.2. The molecule has 1 amide bonds. The summed E-state index contributed by atoms with van der Waals surface area (Å²) < 4.78 is 5.07. The lowest BCUT2D eigenvalue weighted by Crippen LogP contribution is -2.10. The van der Waals surface area contributed by atoms with Gasteiger partial charge in [0.05, 0.1) is 7.11 Å². The quantitative estimate of drug-likeness (QED) is 0.864. The highest BCUT2D eigenvalue weighted by Crippen LogP contribution is 2.15. The van der Waals surface area contributed by atoms with Crippen molar-refractivity contribution in [2.45, 2.75) is 12.8 Å². The number of anilines is 1. The number of allylic oxidation sites excluding steroid dienone is 1. The average Bonchev–Trinajstić information content (AvgIpc) is 2.53. The predicted octanol–water partition coefficient (Wildman–Crippen LogP) is 4.13. The Bertz CT molecular complexity index is 588. The summed E-state index contributed by atoms with van der Waals surface area (Å²) in [6.45, 7) is 0. The van der Waals surface area contributed by atoms with Gasteiger partial charge in [-0.05, 0) is 36.2 Å². The van der Waals surface area contributed by atoms with E-state index in [4.69, 9.17) is 4.74 Å². The molecule has 0 aliphatic heterocycles. The topological polar surface area (TPSA) is 38.3 Å². The number of amides is 1. The molecule has 0 saturated heterocycles. The summed E-state index contributed by atoms with van der Waals surface area (Å²) in [6, 6.07) is 17.4. The van der Waals surface area contributed by atoms with Crippen LogP contribution in [0.25, 0.3) is 6.08 Å². The summed E-state index contributed by atoms with van der Waals surface area (Å²) in [7, 11) is 1.62. The second kappa shape index (κ2) is 7.90. The van der Waals surface area contributed by atoms with Crippen molar-refractivity contribution in [3.8, 4) is 5.75 Å². The summed E-state index contributed by atoms with van der Waals surface area (Å²) in [6.07, 6.45) is 5.23. The molecular formula is C18H19NO2. The fourth-order valence-corrected chi connectivity index (χ4v) is 1.90. The zero-order chi connectivity index (χ0) is 14.9. The molecule has 0 spiro atoms. The lowest BCUT2D eigenvalue weighted by molar-refractivity contribution is -0.116. The van der Waals surface area contributed by atoms with Crippen LogP contribution in [0.15, 0.2) is 60.7 Å². The first-order chi connectivity index (χ1) is 10.3. The third kappa shape index (κ3) is 5.15. The van der Waals surface area contributed by atoms with Gasteiger partial charge in [-0.2, -0.15) is 0 Å². The molecule has 1 N–H and O–H groups in total. The number of hydrogen-bond acceptors (Lipinski definition) is 2. The predicted molar refractivity (Wildman–Crippen MR) is 86.3 cm³/mol. The van der Waals surface area contributed by atoms with Crippen LogP contribution in [0.2, 0.25) is 0 Å². The van der Waals surface area contributed by atoms with Crippen LogP contribution >= 0.6 is 0 Å². The minimum atomic E-state index is 0.0119. The highest BCUT2D eigenvalue weighted by atomic mass is 16.5. The van der Waals surface area contributed by atoms with Crippen molar-refractivity contribution in [1.82, 2.24) is 0 Å². The molecule has 2 aromatic carbocycles. The van der Waals surface area contributed by atoms with Crippen molar-refractivity contribution >= 4 is 17.7 Å². The minimum absolute atomic E-state index is 0.0119. The summed E-state index contributed by atoms with van der Waals surface area (Å²) in [5.74, 6) is 0.789. The Morgan fingerprint density at radius 1 is 1.10 bits per heavy atom. The number of benzene rings is 2. The SMILES string of the molecule is COc1ccc(NC(=O)CC/C=C/c2ccccc2)cc1. The number of carbonyl (C=O) groups is 1. The highest BCUT2D eigenvalue weighted by molar-refractivity contribution is 5.90. The maximum Gasteiger partial charge on any atom is 0.224 e. The molecule has 0 fully saturated rings. The van der Waals surface area contributed by atoms with Crippen molar-refractivity contribution in [1.29, 1.82) is 0 Å². The zero-order valence-electron chi connectivity index (χ0n) is 12.1. The molecule has 0 aromatic heterocycles. The van der Waals surface area contributed by atoms with Gasteiger partial charge in [-0.3, -0.25) is 4.79 Å². The molecule has 0 heterocycles. The Kier molecular flexibility index (Phi) is 5.59. The normalized spacial score (nSPS) is 10.5. The number of hydrogen-bond donors (Lipinski definition) is 1. The average molecular weight is 281 g/mol. The molecule has 2 rings (SSSR count). The van der Waals surface area contributed by atoms with E-state index >= 15 is 0 Å². The van der Waals surface area contributed by atoms with E-state index in [0.29, 0.717) is 6.42 Å². The standard InChI is InChI=1S/C18H19NO2/c1-21-17-13-11-16(12-14-17)19-18(20)10-6-5-9-15-7-3-2-4-8-15/h2-5,7-9,11-14H,6,10H2,1H3,(H,19,20)/b9-5+. The Morgan fingerprint density at radius 3 is 2.48 bits per heavy atom. The first-order valence-electron chi connectivity index (χ1n) is 6.93. The Morgan fingerprint density at radius 2 is 1.81 bits per heavy atom. The summed E-state index contributed by atoms with van der Waals surface area (Å²) >= 11 is 0. The fraction of sp³-hybridized carbons (Fsp3) is 0.167. The van der Waals surface area contributed by atoms with E-state index < -0.39 is 0 Å².